The molecule has 1 heterocycles. The smallest absolute Gasteiger partial charge is 0.139 e. The highest BCUT2D eigenvalue weighted by molar-refractivity contribution is 9.10. The lowest BCUT2D eigenvalue weighted by molar-refractivity contribution is 0.620. The second-order valence-corrected chi connectivity index (χ2v) is 3.77. The average molecular weight is 255 g/mol. The summed E-state index contributed by atoms with van der Waals surface area (Å²) in [6, 6.07) is 6.68. The third-order valence-electron chi connectivity index (χ3n) is 1.95. The fourth-order valence-corrected chi connectivity index (χ4v) is 1.63. The van der Waals surface area contributed by atoms with Gasteiger partial charge in [0.1, 0.15) is 5.82 Å². The number of halogens is 2. The van der Waals surface area contributed by atoms with Crippen molar-refractivity contribution >= 4 is 21.6 Å². The Morgan fingerprint density at radius 1 is 1.21 bits per heavy atom. The summed E-state index contributed by atoms with van der Waals surface area (Å²) < 4.78 is 15.4. The molecular weight excluding hydrogens is 247 g/mol. The number of nitrogens with zero attached hydrogens (tertiary/aromatic N) is 1. The molecule has 0 unspecified atom stereocenters. The van der Waals surface area contributed by atoms with Gasteiger partial charge in [-0.3, -0.25) is 0 Å². The number of nitrogens with two attached hydrogens (primary N) is 1. The largest absolute Gasteiger partial charge is 0.397 e. The van der Waals surface area contributed by atoms with Gasteiger partial charge in [0.2, 0.25) is 0 Å². The van der Waals surface area contributed by atoms with Crippen molar-refractivity contribution in [1.29, 1.82) is 0 Å². The van der Waals surface area contributed by atoms with Crippen molar-refractivity contribution < 1.29 is 4.39 Å². The van der Waals surface area contributed by atoms with E-state index in [0.29, 0.717) is 15.8 Å². The number of hydrogen-bond acceptors (Lipinski definition) is 1. The van der Waals surface area contributed by atoms with E-state index in [9.17, 15) is 4.39 Å². The molecule has 0 saturated heterocycles. The Labute approximate surface area is 89.3 Å². The number of hydrogen-bond donors (Lipinski definition) is 1. The second kappa shape index (κ2) is 3.46. The van der Waals surface area contributed by atoms with Crippen molar-refractivity contribution in [3.05, 3.63) is 46.9 Å². The van der Waals surface area contributed by atoms with Gasteiger partial charge in [-0.05, 0) is 34.1 Å². The molecule has 2 nitrogen and oxygen atoms in total. The first kappa shape index (κ1) is 9.27. The molecule has 0 saturated carbocycles. The fourth-order valence-electron chi connectivity index (χ4n) is 1.27. The molecular formula is C10H8BrFN2. The maximum atomic E-state index is 13.2. The van der Waals surface area contributed by atoms with Gasteiger partial charge in [-0.2, -0.15) is 0 Å². The maximum Gasteiger partial charge on any atom is 0.139 e. The Bertz CT molecular complexity index is 451. The van der Waals surface area contributed by atoms with E-state index in [0.717, 1.165) is 0 Å². The average Bonchev–Trinajstić information content (AvgIpc) is 2.64. The minimum atomic E-state index is -0.317. The second-order valence-electron chi connectivity index (χ2n) is 2.92. The van der Waals surface area contributed by atoms with Crippen LogP contribution in [0.25, 0.3) is 5.69 Å². The van der Waals surface area contributed by atoms with Crippen molar-refractivity contribution in [2.24, 2.45) is 0 Å². The van der Waals surface area contributed by atoms with Crippen molar-refractivity contribution in [2.75, 3.05) is 5.73 Å². The molecule has 1 aromatic heterocycles. The number of aromatic nitrogens is 1. The highest BCUT2D eigenvalue weighted by atomic mass is 79.9. The van der Waals surface area contributed by atoms with Crippen LogP contribution in [0.2, 0.25) is 0 Å². The van der Waals surface area contributed by atoms with Crippen LogP contribution >= 0.6 is 15.9 Å². The molecule has 0 aliphatic rings. The van der Waals surface area contributed by atoms with Crippen LogP contribution < -0.4 is 5.73 Å². The molecule has 2 rings (SSSR count). The third-order valence-corrected chi connectivity index (χ3v) is 2.56. The molecule has 0 fully saturated rings. The summed E-state index contributed by atoms with van der Waals surface area (Å²) in [5.74, 6) is -0.317. The van der Waals surface area contributed by atoms with Crippen LogP contribution in [0.3, 0.4) is 0 Å². The van der Waals surface area contributed by atoms with E-state index in [2.05, 4.69) is 15.9 Å². The molecule has 0 amide bonds. The lowest BCUT2D eigenvalue weighted by Crippen LogP contribution is -1.98. The molecule has 2 N–H and O–H groups in total. The van der Waals surface area contributed by atoms with E-state index in [1.807, 2.05) is 24.5 Å². The molecule has 72 valence electrons. The lowest BCUT2D eigenvalue weighted by Gasteiger charge is -2.07. The van der Waals surface area contributed by atoms with E-state index in [-0.39, 0.29) is 5.82 Å². The quantitative estimate of drug-likeness (QED) is 0.780. The van der Waals surface area contributed by atoms with E-state index in [4.69, 9.17) is 5.73 Å². The molecule has 0 spiro atoms. The zero-order chi connectivity index (χ0) is 10.1. The van der Waals surface area contributed by atoms with E-state index in [1.54, 1.807) is 10.6 Å². The summed E-state index contributed by atoms with van der Waals surface area (Å²) >= 11 is 3.08. The van der Waals surface area contributed by atoms with Gasteiger partial charge in [-0.1, -0.05) is 0 Å². The van der Waals surface area contributed by atoms with Crippen molar-refractivity contribution in [3.63, 3.8) is 0 Å². The molecule has 0 radical (unpaired) electrons. The zero-order valence-corrected chi connectivity index (χ0v) is 8.83. The van der Waals surface area contributed by atoms with Crippen LogP contribution in [0.4, 0.5) is 10.1 Å². The Balaban J connectivity index is 2.60. The Hall–Kier alpha value is -1.29. The van der Waals surface area contributed by atoms with Gasteiger partial charge in [-0.15, -0.1) is 0 Å². The van der Waals surface area contributed by atoms with Crippen molar-refractivity contribution in [3.8, 4) is 5.69 Å². The highest BCUT2D eigenvalue weighted by Gasteiger charge is 2.06. The number of nitrogen functional groups attached to an aromatic ring is 1. The van der Waals surface area contributed by atoms with E-state index < -0.39 is 0 Å². The summed E-state index contributed by atoms with van der Waals surface area (Å²) in [5.41, 5.74) is 6.95. The van der Waals surface area contributed by atoms with Crippen LogP contribution in [-0.2, 0) is 0 Å². The standard InChI is InChI=1S/C10H8BrFN2/c11-7-5-9(13)10(6-8(7)12)14-3-1-2-4-14/h1-6H,13H2. The number of rotatable bonds is 1. The molecule has 14 heavy (non-hydrogen) atoms. The summed E-state index contributed by atoms with van der Waals surface area (Å²) in [5, 5.41) is 0. The molecule has 0 atom stereocenters. The monoisotopic (exact) mass is 254 g/mol. The Kier molecular flexibility index (Phi) is 2.29. The van der Waals surface area contributed by atoms with Crippen LogP contribution in [0.15, 0.2) is 41.1 Å². The maximum absolute atomic E-state index is 13.2. The van der Waals surface area contributed by atoms with E-state index in [1.165, 1.54) is 6.07 Å². The van der Waals surface area contributed by atoms with Gasteiger partial charge in [0.05, 0.1) is 15.8 Å². The van der Waals surface area contributed by atoms with Crippen molar-refractivity contribution in [1.82, 2.24) is 4.57 Å². The Morgan fingerprint density at radius 3 is 2.50 bits per heavy atom. The van der Waals surface area contributed by atoms with Gasteiger partial charge in [0.25, 0.3) is 0 Å². The highest BCUT2D eigenvalue weighted by Crippen LogP contribution is 2.25. The predicted molar refractivity (Wildman–Crippen MR) is 57.8 cm³/mol. The van der Waals surface area contributed by atoms with Crippen LogP contribution in [0.1, 0.15) is 0 Å². The van der Waals surface area contributed by atoms with Gasteiger partial charge < -0.3 is 10.3 Å². The van der Waals surface area contributed by atoms with Crippen molar-refractivity contribution in [2.45, 2.75) is 0 Å². The summed E-state index contributed by atoms with van der Waals surface area (Å²) in [6.07, 6.45) is 3.64. The molecule has 4 heteroatoms. The first-order valence-electron chi connectivity index (χ1n) is 4.06. The van der Waals surface area contributed by atoms with Gasteiger partial charge in [-0.25, -0.2) is 4.39 Å². The van der Waals surface area contributed by atoms with Gasteiger partial charge in [0.15, 0.2) is 0 Å². The normalized spacial score (nSPS) is 10.4. The minimum absolute atomic E-state index is 0.317. The molecule has 2 aromatic rings. The lowest BCUT2D eigenvalue weighted by atomic mass is 10.2. The first-order valence-corrected chi connectivity index (χ1v) is 4.85. The summed E-state index contributed by atoms with van der Waals surface area (Å²) in [6.45, 7) is 0. The summed E-state index contributed by atoms with van der Waals surface area (Å²) in [4.78, 5) is 0. The van der Waals surface area contributed by atoms with Crippen LogP contribution in [0.5, 0.6) is 0 Å². The Morgan fingerprint density at radius 2 is 1.86 bits per heavy atom. The van der Waals surface area contributed by atoms with Gasteiger partial charge >= 0.3 is 0 Å². The number of benzene rings is 1. The van der Waals surface area contributed by atoms with E-state index >= 15 is 0 Å². The minimum Gasteiger partial charge on any atom is -0.397 e. The first-order chi connectivity index (χ1) is 6.68. The summed E-state index contributed by atoms with van der Waals surface area (Å²) in [7, 11) is 0. The molecule has 0 aliphatic heterocycles. The fraction of sp³-hybridized carbons (Fsp3) is 0. The van der Waals surface area contributed by atoms with Crippen LogP contribution in [0, 0.1) is 5.82 Å². The zero-order valence-electron chi connectivity index (χ0n) is 7.24. The third kappa shape index (κ3) is 1.53. The van der Waals surface area contributed by atoms with Gasteiger partial charge in [0, 0.05) is 18.5 Å². The molecule has 1 aromatic carbocycles. The molecule has 0 bridgehead atoms. The molecule has 0 aliphatic carbocycles. The topological polar surface area (TPSA) is 30.9 Å². The SMILES string of the molecule is Nc1cc(Br)c(F)cc1-n1cccc1. The number of anilines is 1. The predicted octanol–water partition coefficient (Wildman–Crippen LogP) is 2.96. The van der Waals surface area contributed by atoms with Crippen LogP contribution in [-0.4, -0.2) is 4.57 Å².